The number of hydrogen-bond acceptors (Lipinski definition) is 3. The highest BCUT2D eigenvalue weighted by atomic mass is 127. The molecule has 0 aliphatic carbocycles. The molecule has 78 valence electrons. The van der Waals surface area contributed by atoms with Gasteiger partial charge in [-0.3, -0.25) is 0 Å². The molecule has 0 saturated heterocycles. The van der Waals surface area contributed by atoms with Gasteiger partial charge in [0, 0.05) is 22.1 Å². The van der Waals surface area contributed by atoms with Gasteiger partial charge in [0.25, 0.3) is 0 Å². The second kappa shape index (κ2) is 4.97. The normalized spacial score (nSPS) is 11.3. The second-order valence-corrected chi connectivity index (χ2v) is 6.57. The van der Waals surface area contributed by atoms with Crippen LogP contribution >= 0.6 is 22.6 Å². The average Bonchev–Trinajstić information content (AvgIpc) is 2.06. The van der Waals surface area contributed by atoms with Crippen LogP contribution in [0.5, 0.6) is 0 Å². The Labute approximate surface area is 98.0 Å². The molecule has 14 heavy (non-hydrogen) atoms. The summed E-state index contributed by atoms with van der Waals surface area (Å²) in [4.78, 5) is 0. The van der Waals surface area contributed by atoms with E-state index in [9.17, 15) is 8.42 Å². The summed E-state index contributed by atoms with van der Waals surface area (Å²) in [5.74, 6) is 0.166. The molecule has 0 heterocycles. The minimum Gasteiger partial charge on any atom is -0.384 e. The maximum absolute atomic E-state index is 10.8. The van der Waals surface area contributed by atoms with E-state index in [1.54, 1.807) is 0 Å². The smallest absolute Gasteiger partial charge is 0.149 e. The van der Waals surface area contributed by atoms with Crippen LogP contribution in [0.25, 0.3) is 0 Å². The highest BCUT2D eigenvalue weighted by Crippen LogP contribution is 2.10. The van der Waals surface area contributed by atoms with Crippen molar-refractivity contribution in [1.29, 1.82) is 0 Å². The summed E-state index contributed by atoms with van der Waals surface area (Å²) >= 11 is 2.22. The van der Waals surface area contributed by atoms with Crippen molar-refractivity contribution in [3.05, 3.63) is 27.8 Å². The van der Waals surface area contributed by atoms with Crippen LogP contribution in [0.3, 0.4) is 0 Å². The largest absolute Gasteiger partial charge is 0.384 e. The van der Waals surface area contributed by atoms with E-state index in [0.29, 0.717) is 6.54 Å². The molecule has 0 aromatic heterocycles. The molecule has 0 unspecified atom stereocenters. The topological polar surface area (TPSA) is 46.2 Å². The van der Waals surface area contributed by atoms with Gasteiger partial charge in [0.05, 0.1) is 5.75 Å². The van der Waals surface area contributed by atoms with Gasteiger partial charge in [-0.2, -0.15) is 0 Å². The fourth-order valence-electron chi connectivity index (χ4n) is 0.949. The van der Waals surface area contributed by atoms with Crippen LogP contribution in [0.15, 0.2) is 24.3 Å². The summed E-state index contributed by atoms with van der Waals surface area (Å²) in [5, 5.41) is 3.05. The highest BCUT2D eigenvalue weighted by Gasteiger charge is 2.00. The molecule has 0 radical (unpaired) electrons. The fraction of sp³-hybridized carbons (Fsp3) is 0.333. The summed E-state index contributed by atoms with van der Waals surface area (Å²) in [6, 6.07) is 7.82. The number of rotatable bonds is 4. The lowest BCUT2D eigenvalue weighted by Crippen LogP contribution is -2.13. The van der Waals surface area contributed by atoms with E-state index in [1.165, 1.54) is 6.26 Å². The molecule has 0 spiro atoms. The molecular formula is C9H12INO2S. The third kappa shape index (κ3) is 4.80. The summed E-state index contributed by atoms with van der Waals surface area (Å²) in [5.41, 5.74) is 0.953. The molecule has 0 aliphatic rings. The van der Waals surface area contributed by atoms with Gasteiger partial charge in [-0.25, -0.2) is 8.42 Å². The Kier molecular flexibility index (Phi) is 4.18. The molecular weight excluding hydrogens is 313 g/mol. The minimum atomic E-state index is -2.87. The third-order valence-corrected chi connectivity index (χ3v) is 3.31. The van der Waals surface area contributed by atoms with Crippen LogP contribution in [0.4, 0.5) is 5.69 Å². The Morgan fingerprint density at radius 2 is 1.86 bits per heavy atom. The van der Waals surface area contributed by atoms with E-state index in [2.05, 4.69) is 27.9 Å². The molecule has 0 amide bonds. The van der Waals surface area contributed by atoms with E-state index in [0.717, 1.165) is 9.26 Å². The molecule has 0 fully saturated rings. The Bertz CT molecular complexity index is 386. The number of nitrogens with one attached hydrogen (secondary N) is 1. The van der Waals surface area contributed by atoms with Crippen molar-refractivity contribution in [2.45, 2.75) is 0 Å². The predicted octanol–water partition coefficient (Wildman–Crippen LogP) is 1.75. The number of hydrogen-bond donors (Lipinski definition) is 1. The number of sulfone groups is 1. The van der Waals surface area contributed by atoms with E-state index in [-0.39, 0.29) is 5.75 Å². The lowest BCUT2D eigenvalue weighted by molar-refractivity contribution is 0.602. The van der Waals surface area contributed by atoms with E-state index < -0.39 is 9.84 Å². The summed E-state index contributed by atoms with van der Waals surface area (Å²) in [6.07, 6.45) is 1.24. The molecule has 1 N–H and O–H groups in total. The standard InChI is InChI=1S/C9H12INO2S/c1-14(12,13)7-6-11-9-4-2-8(10)3-5-9/h2-5,11H,6-7H2,1H3. The molecule has 1 rings (SSSR count). The lowest BCUT2D eigenvalue weighted by Gasteiger charge is -2.04. The summed E-state index contributed by atoms with van der Waals surface area (Å²) < 4.78 is 22.8. The first-order valence-electron chi connectivity index (χ1n) is 4.14. The van der Waals surface area contributed by atoms with E-state index in [4.69, 9.17) is 0 Å². The molecule has 1 aromatic rings. The molecule has 0 saturated carbocycles. The van der Waals surface area contributed by atoms with Crippen molar-refractivity contribution in [3.8, 4) is 0 Å². The van der Waals surface area contributed by atoms with Crippen LogP contribution in [0.2, 0.25) is 0 Å². The van der Waals surface area contributed by atoms with Crippen LogP contribution in [0.1, 0.15) is 0 Å². The minimum absolute atomic E-state index is 0.166. The Morgan fingerprint density at radius 1 is 1.29 bits per heavy atom. The van der Waals surface area contributed by atoms with Crippen molar-refractivity contribution in [2.75, 3.05) is 23.9 Å². The first-order valence-corrected chi connectivity index (χ1v) is 7.28. The molecule has 0 bridgehead atoms. The van der Waals surface area contributed by atoms with Crippen LogP contribution in [-0.2, 0) is 9.84 Å². The highest BCUT2D eigenvalue weighted by molar-refractivity contribution is 14.1. The van der Waals surface area contributed by atoms with Crippen molar-refractivity contribution >= 4 is 38.1 Å². The zero-order valence-corrected chi connectivity index (χ0v) is 10.8. The SMILES string of the molecule is CS(=O)(=O)CCNc1ccc(I)cc1. The summed E-state index contributed by atoms with van der Waals surface area (Å²) in [6.45, 7) is 0.458. The monoisotopic (exact) mass is 325 g/mol. The van der Waals surface area contributed by atoms with Crippen molar-refractivity contribution in [3.63, 3.8) is 0 Å². The number of halogens is 1. The Hall–Kier alpha value is -0.300. The van der Waals surface area contributed by atoms with Gasteiger partial charge in [-0.05, 0) is 46.9 Å². The quantitative estimate of drug-likeness (QED) is 0.858. The first kappa shape index (κ1) is 11.8. The van der Waals surface area contributed by atoms with Gasteiger partial charge >= 0.3 is 0 Å². The lowest BCUT2D eigenvalue weighted by atomic mass is 10.3. The van der Waals surface area contributed by atoms with E-state index >= 15 is 0 Å². The van der Waals surface area contributed by atoms with Gasteiger partial charge in [0.15, 0.2) is 0 Å². The molecule has 0 atom stereocenters. The first-order chi connectivity index (χ1) is 6.47. The molecule has 5 heteroatoms. The van der Waals surface area contributed by atoms with Gasteiger partial charge < -0.3 is 5.32 Å². The summed E-state index contributed by atoms with van der Waals surface area (Å²) in [7, 11) is -2.87. The Morgan fingerprint density at radius 3 is 2.36 bits per heavy atom. The molecule has 1 aromatic carbocycles. The number of anilines is 1. The maximum Gasteiger partial charge on any atom is 0.149 e. The van der Waals surface area contributed by atoms with Gasteiger partial charge in [0.1, 0.15) is 9.84 Å². The molecule has 3 nitrogen and oxygen atoms in total. The zero-order chi connectivity index (χ0) is 10.6. The van der Waals surface area contributed by atoms with Crippen molar-refractivity contribution in [1.82, 2.24) is 0 Å². The third-order valence-electron chi connectivity index (χ3n) is 1.65. The van der Waals surface area contributed by atoms with Gasteiger partial charge in [-0.1, -0.05) is 0 Å². The van der Waals surface area contributed by atoms with Crippen LogP contribution in [0, 0.1) is 3.57 Å². The van der Waals surface area contributed by atoms with Crippen LogP contribution < -0.4 is 5.32 Å². The fourth-order valence-corrected chi connectivity index (χ4v) is 1.78. The van der Waals surface area contributed by atoms with Crippen molar-refractivity contribution in [2.24, 2.45) is 0 Å². The van der Waals surface area contributed by atoms with Gasteiger partial charge in [0.2, 0.25) is 0 Å². The zero-order valence-electron chi connectivity index (χ0n) is 7.83. The molecule has 0 aliphatic heterocycles. The second-order valence-electron chi connectivity index (χ2n) is 3.06. The predicted molar refractivity (Wildman–Crippen MR) is 67.4 cm³/mol. The Balaban J connectivity index is 2.43. The van der Waals surface area contributed by atoms with E-state index in [1.807, 2.05) is 24.3 Å². The number of benzene rings is 1. The maximum atomic E-state index is 10.8. The van der Waals surface area contributed by atoms with Gasteiger partial charge in [-0.15, -0.1) is 0 Å². The average molecular weight is 325 g/mol. The van der Waals surface area contributed by atoms with Crippen molar-refractivity contribution < 1.29 is 8.42 Å². The van der Waals surface area contributed by atoms with Crippen LogP contribution in [-0.4, -0.2) is 27.0 Å².